The van der Waals surface area contributed by atoms with E-state index in [1.54, 1.807) is 6.92 Å². The van der Waals surface area contributed by atoms with Gasteiger partial charge in [0.2, 0.25) is 11.7 Å². The molecule has 0 radical (unpaired) electrons. The van der Waals surface area contributed by atoms with Crippen LogP contribution >= 0.6 is 8.20 Å². The molecule has 5 nitrogen and oxygen atoms in total. The summed E-state index contributed by atoms with van der Waals surface area (Å²) in [4.78, 5) is 6.62. The Morgan fingerprint density at radius 2 is 2.19 bits per heavy atom. The van der Waals surface area contributed by atoms with Crippen LogP contribution in [0.3, 0.4) is 0 Å². The van der Waals surface area contributed by atoms with Crippen LogP contribution < -0.4 is 0 Å². The highest BCUT2D eigenvalue weighted by Gasteiger charge is 2.21. The second kappa shape index (κ2) is 6.48. The first-order chi connectivity index (χ1) is 10.3. The van der Waals surface area contributed by atoms with Crippen molar-refractivity contribution in [3.05, 3.63) is 35.7 Å². The van der Waals surface area contributed by atoms with Crippen LogP contribution in [-0.2, 0) is 4.74 Å². The van der Waals surface area contributed by atoms with Crippen molar-refractivity contribution in [3.63, 3.8) is 0 Å². The maximum absolute atomic E-state index is 5.88. The summed E-state index contributed by atoms with van der Waals surface area (Å²) < 4.78 is 10.9. The molecule has 1 aliphatic heterocycles. The molecular formula is C15H18N3O2P. The molecule has 1 aromatic heterocycles. The number of morpholine rings is 1. The maximum atomic E-state index is 5.88. The monoisotopic (exact) mass is 303 g/mol. The lowest BCUT2D eigenvalue weighted by Crippen LogP contribution is -2.37. The van der Waals surface area contributed by atoms with E-state index in [-0.39, 0.29) is 6.10 Å². The molecule has 2 heterocycles. The molecule has 0 spiro atoms. The van der Waals surface area contributed by atoms with Crippen molar-refractivity contribution >= 4 is 14.5 Å². The fourth-order valence-corrected chi connectivity index (χ4v) is 2.98. The van der Waals surface area contributed by atoms with Gasteiger partial charge in [-0.2, -0.15) is 4.98 Å². The van der Waals surface area contributed by atoms with E-state index in [0.717, 1.165) is 39.7 Å². The Hall–Kier alpha value is -1.55. The van der Waals surface area contributed by atoms with Crippen LogP contribution in [0.25, 0.3) is 11.4 Å². The number of benzene rings is 1. The summed E-state index contributed by atoms with van der Waals surface area (Å²) in [5, 5.41) is 3.93. The molecule has 110 valence electrons. The quantitative estimate of drug-likeness (QED) is 0.813. The molecule has 1 atom stereocenters. The summed E-state index contributed by atoms with van der Waals surface area (Å²) in [6, 6.07) is 8.19. The van der Waals surface area contributed by atoms with Gasteiger partial charge in [0.25, 0.3) is 0 Å². The first-order valence-corrected chi connectivity index (χ1v) is 8.20. The highest BCUT2D eigenvalue weighted by molar-refractivity contribution is 7.36. The minimum absolute atomic E-state index is 0.126. The Morgan fingerprint density at radius 1 is 1.38 bits per heavy atom. The molecule has 2 aromatic rings. The Balaban J connectivity index is 1.73. The minimum atomic E-state index is 0.126. The molecule has 21 heavy (non-hydrogen) atoms. The van der Waals surface area contributed by atoms with E-state index in [4.69, 9.17) is 9.26 Å². The van der Waals surface area contributed by atoms with Gasteiger partial charge >= 0.3 is 0 Å². The zero-order chi connectivity index (χ0) is 14.7. The van der Waals surface area contributed by atoms with E-state index in [1.807, 2.05) is 12.1 Å². The van der Waals surface area contributed by atoms with Gasteiger partial charge in [-0.15, -0.1) is 0 Å². The van der Waals surface area contributed by atoms with E-state index >= 15 is 0 Å². The molecule has 0 N–H and O–H groups in total. The van der Waals surface area contributed by atoms with Crippen LogP contribution in [0.15, 0.2) is 28.8 Å². The topological polar surface area (TPSA) is 51.4 Å². The maximum Gasteiger partial charge on any atom is 0.223 e. The first kappa shape index (κ1) is 14.4. The SMILES string of the molecule is C=PCN1CCOC(c2ccc(-c3noc(C)n3)cc2)C1. The second-order valence-electron chi connectivity index (χ2n) is 5.06. The Bertz CT molecular complexity index is 612. The van der Waals surface area contributed by atoms with Crippen molar-refractivity contribution in [1.82, 2.24) is 15.0 Å². The average molecular weight is 303 g/mol. The van der Waals surface area contributed by atoms with Crippen LogP contribution in [-0.4, -0.2) is 47.3 Å². The van der Waals surface area contributed by atoms with E-state index < -0.39 is 0 Å². The fourth-order valence-electron chi connectivity index (χ4n) is 2.44. The summed E-state index contributed by atoms with van der Waals surface area (Å²) in [7, 11) is 1.16. The highest BCUT2D eigenvalue weighted by Crippen LogP contribution is 2.25. The molecule has 1 fully saturated rings. The summed E-state index contributed by atoms with van der Waals surface area (Å²) in [5.41, 5.74) is 2.14. The number of rotatable bonds is 4. The predicted molar refractivity (Wildman–Crippen MR) is 83.6 cm³/mol. The van der Waals surface area contributed by atoms with Crippen LogP contribution in [0, 0.1) is 6.92 Å². The molecule has 1 unspecified atom stereocenters. The van der Waals surface area contributed by atoms with Crippen LogP contribution in [0.4, 0.5) is 0 Å². The van der Waals surface area contributed by atoms with Crippen molar-refractivity contribution in [3.8, 4) is 11.4 Å². The standard InChI is InChI=1S/C15H18N3O2P/c1-11-16-15(17-20-11)13-5-3-12(4-6-13)14-9-18(10-21-2)7-8-19-14/h3-6,14H,2,7-10H2,1H3. The first-order valence-electron chi connectivity index (χ1n) is 6.93. The third kappa shape index (κ3) is 3.38. The van der Waals surface area contributed by atoms with Crippen molar-refractivity contribution in [1.29, 1.82) is 0 Å². The molecular weight excluding hydrogens is 285 g/mol. The zero-order valence-corrected chi connectivity index (χ0v) is 12.9. The normalized spacial score (nSPS) is 20.0. The molecule has 6 heteroatoms. The van der Waals surface area contributed by atoms with Gasteiger partial charge in [0.15, 0.2) is 0 Å². The molecule has 3 rings (SSSR count). The van der Waals surface area contributed by atoms with Crippen molar-refractivity contribution < 1.29 is 9.26 Å². The Labute approximate surface area is 125 Å². The molecule has 1 saturated heterocycles. The summed E-state index contributed by atoms with van der Waals surface area (Å²) in [6.07, 6.45) is 5.02. The number of hydrogen-bond acceptors (Lipinski definition) is 5. The largest absolute Gasteiger partial charge is 0.371 e. The molecule has 0 aliphatic carbocycles. The van der Waals surface area contributed by atoms with Gasteiger partial charge in [0, 0.05) is 31.9 Å². The van der Waals surface area contributed by atoms with Crippen molar-refractivity contribution in [2.45, 2.75) is 13.0 Å². The zero-order valence-electron chi connectivity index (χ0n) is 12.0. The van der Waals surface area contributed by atoms with Crippen LogP contribution in [0.2, 0.25) is 0 Å². The fraction of sp³-hybridized carbons (Fsp3) is 0.400. The van der Waals surface area contributed by atoms with Gasteiger partial charge in [0.1, 0.15) is 0 Å². The Morgan fingerprint density at radius 3 is 2.86 bits per heavy atom. The van der Waals surface area contributed by atoms with Gasteiger partial charge in [-0.1, -0.05) is 43.9 Å². The Kier molecular flexibility index (Phi) is 4.44. The van der Waals surface area contributed by atoms with Crippen LogP contribution in [0.5, 0.6) is 0 Å². The number of aryl methyl sites for hydroxylation is 1. The number of hydrogen-bond donors (Lipinski definition) is 0. The predicted octanol–water partition coefficient (Wildman–Crippen LogP) is 2.75. The molecule has 0 amide bonds. The number of ether oxygens (including phenoxy) is 1. The third-order valence-electron chi connectivity index (χ3n) is 3.52. The summed E-state index contributed by atoms with van der Waals surface area (Å²) >= 11 is 0. The molecule has 0 saturated carbocycles. The van der Waals surface area contributed by atoms with Gasteiger partial charge in [0.05, 0.1) is 12.7 Å². The van der Waals surface area contributed by atoms with E-state index in [9.17, 15) is 0 Å². The lowest BCUT2D eigenvalue weighted by molar-refractivity contribution is -0.0232. The lowest BCUT2D eigenvalue weighted by Gasteiger charge is -2.32. The number of nitrogens with zero attached hydrogens (tertiary/aromatic N) is 3. The molecule has 1 aliphatic rings. The second-order valence-corrected chi connectivity index (χ2v) is 5.79. The van der Waals surface area contributed by atoms with Gasteiger partial charge in [-0.3, -0.25) is 4.90 Å². The smallest absolute Gasteiger partial charge is 0.223 e. The van der Waals surface area contributed by atoms with Crippen LogP contribution in [0.1, 0.15) is 17.6 Å². The third-order valence-corrected chi connectivity index (χ3v) is 4.12. The average Bonchev–Trinajstić information content (AvgIpc) is 2.95. The summed E-state index contributed by atoms with van der Waals surface area (Å²) in [5.74, 6) is 1.20. The van der Waals surface area contributed by atoms with Gasteiger partial charge in [-0.25, -0.2) is 0 Å². The molecule has 1 aromatic carbocycles. The van der Waals surface area contributed by atoms with E-state index in [1.165, 1.54) is 5.56 Å². The molecule has 0 bridgehead atoms. The van der Waals surface area contributed by atoms with Gasteiger partial charge < -0.3 is 9.26 Å². The van der Waals surface area contributed by atoms with Crippen molar-refractivity contribution in [2.24, 2.45) is 0 Å². The number of aromatic nitrogens is 2. The minimum Gasteiger partial charge on any atom is -0.371 e. The van der Waals surface area contributed by atoms with Gasteiger partial charge in [-0.05, 0) is 5.56 Å². The highest BCUT2D eigenvalue weighted by atomic mass is 31.1. The van der Waals surface area contributed by atoms with E-state index in [2.05, 4.69) is 33.5 Å². The van der Waals surface area contributed by atoms with E-state index in [0.29, 0.717) is 11.7 Å². The van der Waals surface area contributed by atoms with Crippen molar-refractivity contribution in [2.75, 3.05) is 26.0 Å². The summed E-state index contributed by atoms with van der Waals surface area (Å²) in [6.45, 7) is 4.46. The lowest BCUT2D eigenvalue weighted by atomic mass is 10.1.